The molecule has 2 aromatic rings. The summed E-state index contributed by atoms with van der Waals surface area (Å²) in [6, 6.07) is 9.28. The molecule has 0 radical (unpaired) electrons. The Morgan fingerprint density at radius 1 is 0.773 bits per heavy atom. The zero-order valence-electron chi connectivity index (χ0n) is 10.6. The normalized spacial score (nSPS) is 14.2. The van der Waals surface area contributed by atoms with Crippen molar-refractivity contribution >= 4 is 80.5 Å². The fourth-order valence-electron chi connectivity index (χ4n) is 1.46. The predicted molar refractivity (Wildman–Crippen MR) is 89.0 cm³/mol. The van der Waals surface area contributed by atoms with E-state index in [2.05, 4.69) is 42.1 Å². The van der Waals surface area contributed by atoms with Gasteiger partial charge in [0, 0.05) is 0 Å². The van der Waals surface area contributed by atoms with Crippen LogP contribution in [0.25, 0.3) is 0 Å². The number of hydrogen-bond donors (Lipinski definition) is 2. The van der Waals surface area contributed by atoms with E-state index in [1.54, 1.807) is 12.1 Å². The van der Waals surface area contributed by atoms with E-state index in [0.717, 1.165) is 0 Å². The molecule has 0 amide bonds. The first-order chi connectivity index (χ1) is 10.4. The number of benzene rings is 2. The minimum atomic E-state index is -2.96. The van der Waals surface area contributed by atoms with Crippen LogP contribution < -0.4 is 8.92 Å². The van der Waals surface area contributed by atoms with Gasteiger partial charge in [-0.25, -0.2) is 0 Å². The van der Waals surface area contributed by atoms with E-state index in [1.807, 2.05) is 0 Å². The number of rotatable bonds is 4. The summed E-state index contributed by atoms with van der Waals surface area (Å²) in [6.45, 7) is 0. The Balaban J connectivity index is 2.29. The molecule has 6 nitrogen and oxygen atoms in total. The molecule has 0 fully saturated rings. The van der Waals surface area contributed by atoms with Crippen LogP contribution in [0, 0.1) is 0 Å². The van der Waals surface area contributed by atoms with E-state index < -0.39 is 28.3 Å². The summed E-state index contributed by atoms with van der Waals surface area (Å²) < 4.78 is 42.1. The van der Waals surface area contributed by atoms with Crippen molar-refractivity contribution in [1.29, 1.82) is 0 Å². The quantitative estimate of drug-likeness (QED) is 0.440. The van der Waals surface area contributed by atoms with E-state index in [9.17, 15) is 7.67 Å². The van der Waals surface area contributed by atoms with E-state index in [1.165, 1.54) is 24.3 Å². The van der Waals surface area contributed by atoms with Crippen molar-refractivity contribution in [3.05, 3.63) is 45.3 Å². The van der Waals surface area contributed by atoms with Crippen LogP contribution in [0.4, 0.5) is 11.4 Å². The van der Waals surface area contributed by atoms with Gasteiger partial charge in [0.1, 0.15) is 0 Å². The first-order valence-corrected chi connectivity index (χ1v) is 11.8. The fourth-order valence-corrected chi connectivity index (χ4v) is 4.75. The first-order valence-electron chi connectivity index (χ1n) is 5.61. The van der Waals surface area contributed by atoms with Gasteiger partial charge >= 0.3 is 152 Å². The van der Waals surface area contributed by atoms with Crippen molar-refractivity contribution in [1.82, 2.24) is 0 Å². The molecule has 0 aromatic heterocycles. The summed E-state index contributed by atoms with van der Waals surface area (Å²) in [5, 5.41) is 8.12. The molecule has 2 atom stereocenters. The molecular weight excluding hydrogens is 554 g/mol. The van der Waals surface area contributed by atoms with Crippen LogP contribution in [0.2, 0.25) is 0 Å². The summed E-state index contributed by atoms with van der Waals surface area (Å²) in [5.74, 6) is 0. The molecule has 0 heterocycles. The molecule has 0 saturated heterocycles. The van der Waals surface area contributed by atoms with Gasteiger partial charge in [-0.15, -0.1) is 0 Å². The average molecular weight is 562 g/mol. The van der Waals surface area contributed by atoms with Gasteiger partial charge in [-0.3, -0.25) is 0 Å². The topological polar surface area (TPSA) is 99.3 Å². The zero-order valence-corrected chi connectivity index (χ0v) is 17.2. The minimum absolute atomic E-state index is 0.352. The van der Waals surface area contributed by atoms with Gasteiger partial charge in [0.15, 0.2) is 0 Å². The van der Waals surface area contributed by atoms with Crippen molar-refractivity contribution in [2.24, 2.45) is 10.2 Å². The van der Waals surface area contributed by atoms with Gasteiger partial charge in [-0.05, 0) is 0 Å². The fraction of sp³-hybridized carbons (Fsp3) is 0. The van der Waals surface area contributed by atoms with Gasteiger partial charge < -0.3 is 0 Å². The van der Waals surface area contributed by atoms with Crippen LogP contribution in [-0.2, 0) is 7.67 Å². The summed E-state index contributed by atoms with van der Waals surface area (Å²) in [7, 11) is 0. The van der Waals surface area contributed by atoms with Crippen molar-refractivity contribution < 1.29 is 16.0 Å². The molecule has 0 aliphatic carbocycles. The third kappa shape index (κ3) is 4.53. The average Bonchev–Trinajstić information content (AvgIpc) is 2.46. The molecule has 0 spiro atoms. The number of azo groups is 1. The Kier molecular flexibility index (Phi) is 6.43. The Morgan fingerprint density at radius 2 is 1.14 bits per heavy atom. The molecule has 0 bridgehead atoms. The van der Waals surface area contributed by atoms with E-state index >= 15 is 0 Å². The summed E-state index contributed by atoms with van der Waals surface area (Å²) >= 11 is 0.624. The maximum atomic E-state index is 11.1. The first kappa shape index (κ1) is 17.9. The van der Waals surface area contributed by atoms with Gasteiger partial charge in [0.2, 0.25) is 0 Å². The van der Waals surface area contributed by atoms with E-state index in [4.69, 9.17) is 8.38 Å². The Bertz CT molecular complexity index is 733. The van der Waals surface area contributed by atoms with Crippen LogP contribution in [-0.4, -0.2) is 36.7 Å². The Morgan fingerprint density at radius 3 is 1.41 bits per heavy atom. The summed E-state index contributed by atoms with van der Waals surface area (Å²) in [5.41, 5.74) is 1.01. The predicted octanol–water partition coefficient (Wildman–Crippen LogP) is 1.86. The second kappa shape index (κ2) is 7.90. The van der Waals surface area contributed by atoms with Crippen LogP contribution >= 0.6 is 31.9 Å². The molecule has 2 N–H and O–H groups in total. The van der Waals surface area contributed by atoms with Crippen molar-refractivity contribution in [2.45, 2.75) is 0 Å². The van der Waals surface area contributed by atoms with E-state index in [-0.39, 0.29) is 0 Å². The molecule has 0 aliphatic heterocycles. The summed E-state index contributed by atoms with van der Waals surface area (Å²) in [4.78, 5) is 0. The molecule has 2 aromatic carbocycles. The molecular formula is C12H8Br2N2O4Se2. The van der Waals surface area contributed by atoms with Crippen molar-refractivity contribution in [3.8, 4) is 0 Å². The molecule has 2 rings (SSSR count). The summed E-state index contributed by atoms with van der Waals surface area (Å²) in [6.07, 6.45) is 0. The van der Waals surface area contributed by atoms with Crippen LogP contribution in [0.3, 0.4) is 0 Å². The number of hydrogen-bond acceptors (Lipinski definition) is 4. The SMILES string of the molecule is O=[Se](O)c1ccc(N=Nc2ccc([Se](=O)O)cc2Br)c(Br)c1. The van der Waals surface area contributed by atoms with Gasteiger partial charge in [-0.2, -0.15) is 0 Å². The Labute approximate surface area is 151 Å². The van der Waals surface area contributed by atoms with E-state index in [0.29, 0.717) is 29.2 Å². The molecule has 10 heteroatoms. The van der Waals surface area contributed by atoms with Gasteiger partial charge in [-0.1, -0.05) is 0 Å². The maximum absolute atomic E-state index is 11.1. The Hall–Kier alpha value is -0.441. The third-order valence-corrected chi connectivity index (χ3v) is 6.54. The van der Waals surface area contributed by atoms with Crippen LogP contribution in [0.1, 0.15) is 0 Å². The molecule has 0 aliphatic rings. The van der Waals surface area contributed by atoms with Crippen molar-refractivity contribution in [3.63, 3.8) is 0 Å². The van der Waals surface area contributed by atoms with Crippen LogP contribution in [0.5, 0.6) is 0 Å². The van der Waals surface area contributed by atoms with Gasteiger partial charge in [0.25, 0.3) is 0 Å². The zero-order chi connectivity index (χ0) is 16.3. The standard InChI is InChI=1S/C12H8Br2N2O4Se2/c13-9-5-7(21(17)18)1-3-11(9)15-16-12-4-2-8(22(19)20)6-10(12)14/h1-6H,(H,17,18)(H,19,20). The van der Waals surface area contributed by atoms with Gasteiger partial charge in [0.05, 0.1) is 0 Å². The molecule has 2 unspecified atom stereocenters. The molecule has 116 valence electrons. The molecule has 0 saturated carbocycles. The van der Waals surface area contributed by atoms with Crippen LogP contribution in [0.15, 0.2) is 55.6 Å². The second-order valence-electron chi connectivity index (χ2n) is 3.92. The van der Waals surface area contributed by atoms with Crippen molar-refractivity contribution in [2.75, 3.05) is 0 Å². The number of nitrogens with zero attached hydrogens (tertiary/aromatic N) is 2. The monoisotopic (exact) mass is 562 g/mol. The molecule has 22 heavy (non-hydrogen) atoms. The second-order valence-corrected chi connectivity index (χ2v) is 9.70. The number of halogens is 2. The third-order valence-electron chi connectivity index (χ3n) is 2.51.